The highest BCUT2D eigenvalue weighted by molar-refractivity contribution is 7.99. The fourth-order valence-corrected chi connectivity index (χ4v) is 2.65. The zero-order chi connectivity index (χ0) is 13.9. The lowest BCUT2D eigenvalue weighted by atomic mass is 10.1. The molecule has 2 N–H and O–H groups in total. The third-order valence-corrected chi connectivity index (χ3v) is 3.60. The lowest BCUT2D eigenvalue weighted by Crippen LogP contribution is -2.10. The molecule has 0 saturated carbocycles. The summed E-state index contributed by atoms with van der Waals surface area (Å²) in [5.41, 5.74) is 5.30. The second-order valence-electron chi connectivity index (χ2n) is 3.77. The third-order valence-electron chi connectivity index (χ3n) is 2.47. The van der Waals surface area contributed by atoms with E-state index in [0.717, 1.165) is 17.8 Å². The van der Waals surface area contributed by atoms with Crippen LogP contribution in [0, 0.1) is 0 Å². The fraction of sp³-hybridized carbons (Fsp3) is 0.154. The molecule has 2 rings (SSSR count). The molecule has 6 heteroatoms. The molecule has 0 spiro atoms. The molecule has 1 aromatic heterocycles. The van der Waals surface area contributed by atoms with E-state index in [2.05, 4.69) is 4.98 Å². The van der Waals surface area contributed by atoms with Gasteiger partial charge in [0.05, 0.1) is 5.56 Å². The number of rotatable bonds is 3. The van der Waals surface area contributed by atoms with Crippen molar-refractivity contribution in [3.05, 3.63) is 53.7 Å². The van der Waals surface area contributed by atoms with E-state index in [9.17, 15) is 13.2 Å². The molecule has 100 valence electrons. The molecule has 19 heavy (non-hydrogen) atoms. The Morgan fingerprint density at radius 3 is 2.47 bits per heavy atom. The van der Waals surface area contributed by atoms with Gasteiger partial charge in [0, 0.05) is 17.6 Å². The van der Waals surface area contributed by atoms with Crippen LogP contribution in [-0.2, 0) is 12.7 Å². The van der Waals surface area contributed by atoms with Gasteiger partial charge in [-0.2, -0.15) is 13.2 Å². The summed E-state index contributed by atoms with van der Waals surface area (Å²) in [6.45, 7) is 0.0546. The normalized spacial score (nSPS) is 11.6. The van der Waals surface area contributed by atoms with Gasteiger partial charge >= 0.3 is 6.18 Å². The molecular formula is C13H11F3N2S. The molecule has 0 unspecified atom stereocenters. The van der Waals surface area contributed by atoms with Crippen molar-refractivity contribution in [1.82, 2.24) is 4.98 Å². The maximum atomic E-state index is 13.0. The number of benzene rings is 1. The first-order chi connectivity index (χ1) is 9.02. The van der Waals surface area contributed by atoms with E-state index in [1.807, 2.05) is 0 Å². The number of aromatic nitrogens is 1. The Hall–Kier alpha value is -1.53. The number of hydrogen-bond donors (Lipinski definition) is 1. The summed E-state index contributed by atoms with van der Waals surface area (Å²) < 4.78 is 39.0. The van der Waals surface area contributed by atoms with Crippen LogP contribution in [0.1, 0.15) is 11.1 Å². The number of nitrogens with two attached hydrogens (primary N) is 1. The number of alkyl halides is 3. The Kier molecular flexibility index (Phi) is 4.11. The Bertz CT molecular complexity index is 556. The summed E-state index contributed by atoms with van der Waals surface area (Å²) >= 11 is 0.981. The number of hydrogen-bond acceptors (Lipinski definition) is 3. The highest BCUT2D eigenvalue weighted by Crippen LogP contribution is 2.40. The Morgan fingerprint density at radius 1 is 1.11 bits per heavy atom. The van der Waals surface area contributed by atoms with Gasteiger partial charge in [-0.3, -0.25) is 0 Å². The van der Waals surface area contributed by atoms with Crippen LogP contribution in [0.4, 0.5) is 13.2 Å². The maximum absolute atomic E-state index is 13.0. The average Bonchev–Trinajstić information content (AvgIpc) is 2.39. The lowest BCUT2D eigenvalue weighted by molar-refractivity contribution is -0.139. The Balaban J connectivity index is 2.48. The van der Waals surface area contributed by atoms with Crippen molar-refractivity contribution in [3.8, 4) is 0 Å². The van der Waals surface area contributed by atoms with Gasteiger partial charge in [-0.1, -0.05) is 30.0 Å². The summed E-state index contributed by atoms with van der Waals surface area (Å²) in [7, 11) is 0. The number of pyridine rings is 1. The van der Waals surface area contributed by atoms with Gasteiger partial charge in [0.1, 0.15) is 5.03 Å². The van der Waals surface area contributed by atoms with Crippen molar-refractivity contribution in [2.45, 2.75) is 22.6 Å². The van der Waals surface area contributed by atoms with E-state index < -0.39 is 11.7 Å². The SMILES string of the molecule is NCc1cccc(C(F)(F)F)c1Sc1ccccn1. The summed E-state index contributed by atoms with van der Waals surface area (Å²) in [5.74, 6) is 0. The van der Waals surface area contributed by atoms with Crippen LogP contribution in [0.3, 0.4) is 0 Å². The predicted octanol–water partition coefficient (Wildman–Crippen LogP) is 3.71. The fourth-order valence-electron chi connectivity index (χ4n) is 1.60. The molecule has 0 saturated heterocycles. The predicted molar refractivity (Wildman–Crippen MR) is 67.7 cm³/mol. The van der Waals surface area contributed by atoms with Crippen molar-refractivity contribution in [3.63, 3.8) is 0 Å². The van der Waals surface area contributed by atoms with Crippen molar-refractivity contribution in [1.29, 1.82) is 0 Å². The van der Waals surface area contributed by atoms with E-state index in [-0.39, 0.29) is 11.4 Å². The second-order valence-corrected chi connectivity index (χ2v) is 4.80. The van der Waals surface area contributed by atoms with Crippen LogP contribution >= 0.6 is 11.8 Å². The van der Waals surface area contributed by atoms with Crippen LogP contribution in [-0.4, -0.2) is 4.98 Å². The molecule has 0 aliphatic carbocycles. The summed E-state index contributed by atoms with van der Waals surface area (Å²) in [6.07, 6.45) is -2.86. The molecule has 0 radical (unpaired) electrons. The van der Waals surface area contributed by atoms with Gasteiger partial charge in [0.2, 0.25) is 0 Å². The lowest BCUT2D eigenvalue weighted by Gasteiger charge is -2.15. The van der Waals surface area contributed by atoms with E-state index in [4.69, 9.17) is 5.73 Å². The highest BCUT2D eigenvalue weighted by Gasteiger charge is 2.34. The molecule has 0 bridgehead atoms. The van der Waals surface area contributed by atoms with Gasteiger partial charge in [0.15, 0.2) is 0 Å². The minimum atomic E-state index is -4.40. The first kappa shape index (κ1) is 13.9. The summed E-state index contributed by atoms with van der Waals surface area (Å²) in [4.78, 5) is 4.15. The minimum Gasteiger partial charge on any atom is -0.326 e. The molecule has 0 atom stereocenters. The zero-order valence-electron chi connectivity index (χ0n) is 9.82. The van der Waals surface area contributed by atoms with E-state index in [1.165, 1.54) is 6.07 Å². The van der Waals surface area contributed by atoms with Crippen LogP contribution in [0.15, 0.2) is 52.5 Å². The van der Waals surface area contributed by atoms with Gasteiger partial charge in [-0.05, 0) is 23.8 Å². The third kappa shape index (κ3) is 3.27. The first-order valence-corrected chi connectivity index (χ1v) is 6.32. The Labute approximate surface area is 112 Å². The molecule has 0 fully saturated rings. The first-order valence-electron chi connectivity index (χ1n) is 5.50. The molecule has 2 nitrogen and oxygen atoms in total. The second kappa shape index (κ2) is 5.63. The maximum Gasteiger partial charge on any atom is 0.417 e. The molecule has 1 aromatic carbocycles. The van der Waals surface area contributed by atoms with E-state index in [1.54, 1.807) is 30.5 Å². The van der Waals surface area contributed by atoms with Crippen LogP contribution < -0.4 is 5.73 Å². The van der Waals surface area contributed by atoms with Crippen LogP contribution in [0.5, 0.6) is 0 Å². The van der Waals surface area contributed by atoms with Crippen molar-refractivity contribution in [2.24, 2.45) is 5.73 Å². The van der Waals surface area contributed by atoms with Gasteiger partial charge in [-0.15, -0.1) is 0 Å². The van der Waals surface area contributed by atoms with Crippen molar-refractivity contribution < 1.29 is 13.2 Å². The Morgan fingerprint density at radius 2 is 1.89 bits per heavy atom. The van der Waals surface area contributed by atoms with Crippen LogP contribution in [0.2, 0.25) is 0 Å². The molecule has 1 heterocycles. The van der Waals surface area contributed by atoms with E-state index >= 15 is 0 Å². The van der Waals surface area contributed by atoms with Crippen molar-refractivity contribution >= 4 is 11.8 Å². The van der Waals surface area contributed by atoms with Crippen LogP contribution in [0.25, 0.3) is 0 Å². The number of halogens is 3. The largest absolute Gasteiger partial charge is 0.417 e. The molecule has 0 amide bonds. The zero-order valence-corrected chi connectivity index (χ0v) is 10.6. The average molecular weight is 284 g/mol. The van der Waals surface area contributed by atoms with Gasteiger partial charge < -0.3 is 5.73 Å². The summed E-state index contributed by atoms with van der Waals surface area (Å²) in [5, 5.41) is 0.508. The molecule has 0 aliphatic heterocycles. The monoisotopic (exact) mass is 284 g/mol. The molecule has 0 aliphatic rings. The molecular weight excluding hydrogens is 273 g/mol. The smallest absolute Gasteiger partial charge is 0.326 e. The van der Waals surface area contributed by atoms with E-state index in [0.29, 0.717) is 10.6 Å². The van der Waals surface area contributed by atoms with Gasteiger partial charge in [-0.25, -0.2) is 4.98 Å². The van der Waals surface area contributed by atoms with Gasteiger partial charge in [0.25, 0.3) is 0 Å². The standard InChI is InChI=1S/C13H11F3N2S/c14-13(15,16)10-5-3-4-9(8-17)12(10)19-11-6-1-2-7-18-11/h1-7H,8,17H2. The molecule has 2 aromatic rings. The van der Waals surface area contributed by atoms with Crippen molar-refractivity contribution in [2.75, 3.05) is 0 Å². The topological polar surface area (TPSA) is 38.9 Å². The highest BCUT2D eigenvalue weighted by atomic mass is 32.2. The number of nitrogens with zero attached hydrogens (tertiary/aromatic N) is 1. The quantitative estimate of drug-likeness (QED) is 0.933. The summed E-state index contributed by atoms with van der Waals surface area (Å²) in [6, 6.07) is 9.13. The minimum absolute atomic E-state index is 0.0546.